The molecule has 0 atom stereocenters. The molecule has 0 amide bonds. The number of nitrogens with zero attached hydrogens (tertiary/aromatic N) is 2. The number of aromatic hydroxyl groups is 1. The molecule has 0 spiro atoms. The molecule has 150 valence electrons. The Morgan fingerprint density at radius 3 is 2.45 bits per heavy atom. The molecule has 0 radical (unpaired) electrons. The van der Waals surface area contributed by atoms with E-state index in [1.165, 1.54) is 43.3 Å². The van der Waals surface area contributed by atoms with Crippen molar-refractivity contribution in [2.75, 3.05) is 14.2 Å². The number of methoxy groups -OCH3 is 2. The maximum atomic E-state index is 13.8. The van der Waals surface area contributed by atoms with Gasteiger partial charge in [0, 0.05) is 30.9 Å². The average molecular weight is 400 g/mol. The number of phenolic OH excluding ortho intramolecular Hbond substituents is 1. The van der Waals surface area contributed by atoms with Gasteiger partial charge in [0.25, 0.3) is 0 Å². The lowest BCUT2D eigenvalue weighted by molar-refractivity contribution is 0.104. The lowest BCUT2D eigenvalue weighted by Gasteiger charge is -2.16. The number of halogens is 2. The molecule has 1 aromatic heterocycles. The fraction of sp³-hybridized carbons (Fsp3) is 0.143. The highest BCUT2D eigenvalue weighted by atomic mass is 19.1. The lowest BCUT2D eigenvalue weighted by atomic mass is 9.99. The SMILES string of the molecule is COc1cc(OC)c(-c2ccnn2C)c(O)c1C(=O)/C=C/c1ccc(F)cc1F. The Balaban J connectivity index is 2.11. The van der Waals surface area contributed by atoms with Crippen molar-refractivity contribution in [3.63, 3.8) is 0 Å². The number of hydrogen-bond donors (Lipinski definition) is 1. The first-order chi connectivity index (χ1) is 13.9. The first kappa shape index (κ1) is 20.1. The Hall–Kier alpha value is -3.68. The molecule has 0 saturated carbocycles. The summed E-state index contributed by atoms with van der Waals surface area (Å²) in [5.41, 5.74) is 0.685. The van der Waals surface area contributed by atoms with Gasteiger partial charge in [0.05, 0.1) is 25.5 Å². The van der Waals surface area contributed by atoms with Crippen LogP contribution in [0.1, 0.15) is 15.9 Å². The second-order valence-corrected chi connectivity index (χ2v) is 6.08. The number of phenols is 1. The summed E-state index contributed by atoms with van der Waals surface area (Å²) in [6.45, 7) is 0. The fourth-order valence-electron chi connectivity index (χ4n) is 2.93. The maximum absolute atomic E-state index is 13.8. The van der Waals surface area contributed by atoms with Crippen LogP contribution in [0, 0.1) is 11.6 Å². The number of carbonyl (C=O) groups excluding carboxylic acids is 1. The molecule has 8 heteroatoms. The van der Waals surface area contributed by atoms with Crippen LogP contribution in [0.15, 0.2) is 42.6 Å². The molecule has 1 heterocycles. The molecule has 0 bridgehead atoms. The summed E-state index contributed by atoms with van der Waals surface area (Å²) in [5.74, 6) is -2.16. The molecule has 0 aliphatic carbocycles. The van der Waals surface area contributed by atoms with Crippen molar-refractivity contribution in [2.45, 2.75) is 0 Å². The van der Waals surface area contributed by atoms with E-state index in [0.717, 1.165) is 18.2 Å². The highest BCUT2D eigenvalue weighted by Crippen LogP contribution is 2.44. The summed E-state index contributed by atoms with van der Waals surface area (Å²) < 4.78 is 39.0. The van der Waals surface area contributed by atoms with E-state index in [1.54, 1.807) is 13.1 Å². The Kier molecular flexibility index (Phi) is 5.63. The zero-order valence-corrected chi connectivity index (χ0v) is 15.9. The molecule has 0 aliphatic rings. The van der Waals surface area contributed by atoms with Gasteiger partial charge >= 0.3 is 0 Å². The van der Waals surface area contributed by atoms with Crippen LogP contribution in [0.5, 0.6) is 17.2 Å². The zero-order chi connectivity index (χ0) is 21.1. The van der Waals surface area contributed by atoms with Crippen molar-refractivity contribution in [3.8, 4) is 28.5 Å². The topological polar surface area (TPSA) is 73.6 Å². The van der Waals surface area contributed by atoms with E-state index in [0.29, 0.717) is 5.69 Å². The summed E-state index contributed by atoms with van der Waals surface area (Å²) in [4.78, 5) is 12.8. The van der Waals surface area contributed by atoms with Crippen LogP contribution in [0.4, 0.5) is 8.78 Å². The van der Waals surface area contributed by atoms with Crippen molar-refractivity contribution in [1.82, 2.24) is 9.78 Å². The van der Waals surface area contributed by atoms with Crippen LogP contribution in [-0.4, -0.2) is 34.9 Å². The highest BCUT2D eigenvalue weighted by molar-refractivity contribution is 6.12. The third kappa shape index (κ3) is 3.82. The molecule has 1 N–H and O–H groups in total. The molecular weight excluding hydrogens is 382 g/mol. The summed E-state index contributed by atoms with van der Waals surface area (Å²) >= 11 is 0. The van der Waals surface area contributed by atoms with Crippen LogP contribution in [0.25, 0.3) is 17.3 Å². The lowest BCUT2D eigenvalue weighted by Crippen LogP contribution is -2.04. The largest absolute Gasteiger partial charge is 0.506 e. The molecular formula is C21H18F2N2O4. The van der Waals surface area contributed by atoms with E-state index in [-0.39, 0.29) is 33.9 Å². The molecule has 6 nitrogen and oxygen atoms in total. The summed E-state index contributed by atoms with van der Waals surface area (Å²) in [6, 6.07) is 6.14. The number of rotatable bonds is 6. The molecule has 29 heavy (non-hydrogen) atoms. The zero-order valence-electron chi connectivity index (χ0n) is 15.9. The molecule has 0 saturated heterocycles. The summed E-state index contributed by atoms with van der Waals surface area (Å²) in [6.07, 6.45) is 3.81. The average Bonchev–Trinajstić information content (AvgIpc) is 3.11. The van der Waals surface area contributed by atoms with Crippen molar-refractivity contribution in [2.24, 2.45) is 7.05 Å². The highest BCUT2D eigenvalue weighted by Gasteiger charge is 2.25. The van der Waals surface area contributed by atoms with E-state index in [1.807, 2.05) is 0 Å². The Labute approximate surface area is 165 Å². The first-order valence-electron chi connectivity index (χ1n) is 8.51. The van der Waals surface area contributed by atoms with Gasteiger partial charge in [-0.15, -0.1) is 0 Å². The standard InChI is InChI=1S/C21H18F2N2O4/c1-25-15(8-9-24-25)19-17(28-2)11-18(29-3)20(21(19)27)16(26)7-5-12-4-6-13(22)10-14(12)23/h4-11,27H,1-3H3/b7-5+. The minimum atomic E-state index is -0.810. The van der Waals surface area contributed by atoms with Crippen LogP contribution in [-0.2, 0) is 7.05 Å². The van der Waals surface area contributed by atoms with Gasteiger partial charge in [-0.25, -0.2) is 8.78 Å². The first-order valence-corrected chi connectivity index (χ1v) is 8.51. The second-order valence-electron chi connectivity index (χ2n) is 6.08. The Bertz CT molecular complexity index is 1110. The number of ether oxygens (including phenoxy) is 2. The van der Waals surface area contributed by atoms with Crippen LogP contribution in [0.3, 0.4) is 0 Å². The van der Waals surface area contributed by atoms with Crippen LogP contribution >= 0.6 is 0 Å². The van der Waals surface area contributed by atoms with Crippen molar-refractivity contribution in [3.05, 3.63) is 65.4 Å². The smallest absolute Gasteiger partial charge is 0.193 e. The maximum Gasteiger partial charge on any atom is 0.193 e. The van der Waals surface area contributed by atoms with Gasteiger partial charge < -0.3 is 14.6 Å². The number of benzene rings is 2. The number of carbonyl (C=O) groups is 1. The Morgan fingerprint density at radius 2 is 1.86 bits per heavy atom. The fourth-order valence-corrected chi connectivity index (χ4v) is 2.93. The number of ketones is 1. The van der Waals surface area contributed by atoms with E-state index in [9.17, 15) is 18.7 Å². The van der Waals surface area contributed by atoms with Gasteiger partial charge in [-0.3, -0.25) is 9.48 Å². The third-order valence-corrected chi connectivity index (χ3v) is 4.37. The van der Waals surface area contributed by atoms with Crippen molar-refractivity contribution in [1.29, 1.82) is 0 Å². The third-order valence-electron chi connectivity index (χ3n) is 4.37. The minimum Gasteiger partial charge on any atom is -0.506 e. The number of hydrogen-bond acceptors (Lipinski definition) is 5. The second kappa shape index (κ2) is 8.14. The molecule has 2 aromatic carbocycles. The van der Waals surface area contributed by atoms with Crippen LogP contribution in [0.2, 0.25) is 0 Å². The Morgan fingerprint density at radius 1 is 1.14 bits per heavy atom. The van der Waals surface area contributed by atoms with Gasteiger partial charge in [0.15, 0.2) is 5.78 Å². The predicted molar refractivity (Wildman–Crippen MR) is 103 cm³/mol. The summed E-state index contributed by atoms with van der Waals surface area (Å²) in [7, 11) is 4.45. The van der Waals surface area contributed by atoms with Crippen molar-refractivity contribution >= 4 is 11.9 Å². The van der Waals surface area contributed by atoms with Crippen molar-refractivity contribution < 1.29 is 28.2 Å². The van der Waals surface area contributed by atoms with E-state index in [2.05, 4.69) is 5.10 Å². The number of aryl methyl sites for hydroxylation is 1. The number of aromatic nitrogens is 2. The molecule has 0 fully saturated rings. The molecule has 3 aromatic rings. The predicted octanol–water partition coefficient (Wildman–Crippen LogP) is 3.98. The summed E-state index contributed by atoms with van der Waals surface area (Å²) in [5, 5.41) is 15.0. The van der Waals surface area contributed by atoms with Gasteiger partial charge in [0.2, 0.25) is 0 Å². The monoisotopic (exact) mass is 400 g/mol. The number of allylic oxidation sites excluding steroid dienone is 1. The van der Waals surface area contributed by atoms with Gasteiger partial charge in [-0.05, 0) is 30.4 Å². The minimum absolute atomic E-state index is 0.0265. The van der Waals surface area contributed by atoms with E-state index in [4.69, 9.17) is 9.47 Å². The van der Waals surface area contributed by atoms with E-state index >= 15 is 0 Å². The van der Waals surface area contributed by atoms with Crippen LogP contribution < -0.4 is 9.47 Å². The van der Waals surface area contributed by atoms with Gasteiger partial charge in [-0.2, -0.15) is 5.10 Å². The molecule has 0 unspecified atom stereocenters. The molecule has 0 aliphatic heterocycles. The molecule has 3 rings (SSSR count). The van der Waals surface area contributed by atoms with E-state index < -0.39 is 17.4 Å². The van der Waals surface area contributed by atoms with Gasteiger partial charge in [-0.1, -0.05) is 0 Å². The normalized spacial score (nSPS) is 11.1. The van der Waals surface area contributed by atoms with Gasteiger partial charge in [0.1, 0.15) is 34.4 Å². The quantitative estimate of drug-likeness (QED) is 0.500.